The van der Waals surface area contributed by atoms with Crippen LogP contribution < -0.4 is 25.4 Å². The van der Waals surface area contributed by atoms with Crippen molar-refractivity contribution in [3.63, 3.8) is 0 Å². The Balaban J connectivity index is 1.32. The van der Waals surface area contributed by atoms with Crippen LogP contribution in [0.4, 0.5) is 23.1 Å². The number of fused-ring (bicyclic) bond motifs is 2. The number of nitrogens with zero attached hydrogens (tertiary/aromatic N) is 4. The maximum atomic E-state index is 11.3. The van der Waals surface area contributed by atoms with E-state index in [9.17, 15) is 4.79 Å². The molecule has 2 aromatic carbocycles. The molecule has 11 heteroatoms. The summed E-state index contributed by atoms with van der Waals surface area (Å²) in [5, 5.41) is 13.5. The first-order valence-electron chi connectivity index (χ1n) is 11.2. The quantitative estimate of drug-likeness (QED) is 0.289. The third-order valence-electron chi connectivity index (χ3n) is 5.54. The molecule has 0 spiro atoms. The number of carbonyl (C=O) groups is 1. The van der Waals surface area contributed by atoms with Crippen LogP contribution in [0.15, 0.2) is 65.6 Å². The molecule has 0 atom stereocenters. The average molecular weight is 500 g/mol. The number of hydrogen-bond donors (Lipinski definition) is 3. The molecular weight excluding hydrogens is 478 g/mol. The summed E-state index contributed by atoms with van der Waals surface area (Å²) < 4.78 is 12.8. The van der Waals surface area contributed by atoms with Gasteiger partial charge in [0.15, 0.2) is 28.5 Å². The predicted molar refractivity (Wildman–Crippen MR) is 138 cm³/mol. The fourth-order valence-electron chi connectivity index (χ4n) is 3.86. The van der Waals surface area contributed by atoms with E-state index in [2.05, 4.69) is 20.9 Å². The van der Waals surface area contributed by atoms with E-state index in [4.69, 9.17) is 19.4 Å². The summed E-state index contributed by atoms with van der Waals surface area (Å²) in [6.07, 6.45) is 1.74. The molecule has 3 N–H and O–H groups in total. The Morgan fingerprint density at radius 1 is 1.06 bits per heavy atom. The molecule has 6 rings (SSSR count). The number of rotatable bonds is 7. The van der Waals surface area contributed by atoms with Crippen LogP contribution in [0.2, 0.25) is 0 Å². The molecule has 0 saturated carbocycles. The first-order chi connectivity index (χ1) is 17.6. The van der Waals surface area contributed by atoms with Gasteiger partial charge in [-0.15, -0.1) is 0 Å². The van der Waals surface area contributed by atoms with Crippen LogP contribution >= 0.6 is 11.3 Å². The van der Waals surface area contributed by atoms with Gasteiger partial charge in [-0.1, -0.05) is 6.07 Å². The van der Waals surface area contributed by atoms with Gasteiger partial charge in [-0.05, 0) is 53.4 Å². The summed E-state index contributed by atoms with van der Waals surface area (Å²) in [7, 11) is 0. The van der Waals surface area contributed by atoms with Crippen molar-refractivity contribution in [1.82, 2.24) is 19.5 Å². The van der Waals surface area contributed by atoms with Crippen LogP contribution in [-0.4, -0.2) is 32.2 Å². The van der Waals surface area contributed by atoms with Gasteiger partial charge in [-0.2, -0.15) is 21.3 Å². The highest BCUT2D eigenvalue weighted by Gasteiger charge is 2.16. The van der Waals surface area contributed by atoms with E-state index in [0.29, 0.717) is 35.2 Å². The van der Waals surface area contributed by atoms with Crippen molar-refractivity contribution in [2.45, 2.75) is 13.5 Å². The standard InChI is InChI=1S/C25H21N7O3S/c1-15(33)28-17-3-5-18(6-4-17)29-23-22-24(32(13-27-22)19-8-9-36-12-19)31-25(30-23)26-11-16-2-7-20-21(10-16)35-14-34-20/h2-10,12-13H,11,14H2,1H3,(H,28,33)(H2,26,29,30,31). The molecule has 4 heterocycles. The Labute approximate surface area is 209 Å². The molecule has 1 amide bonds. The van der Waals surface area contributed by atoms with Crippen molar-refractivity contribution in [2.24, 2.45) is 0 Å². The maximum absolute atomic E-state index is 11.3. The van der Waals surface area contributed by atoms with Gasteiger partial charge in [-0.25, -0.2) is 4.98 Å². The lowest BCUT2D eigenvalue weighted by molar-refractivity contribution is -0.114. The largest absolute Gasteiger partial charge is 0.454 e. The number of hydrogen-bond acceptors (Lipinski definition) is 9. The minimum Gasteiger partial charge on any atom is -0.454 e. The number of anilines is 4. The van der Waals surface area contributed by atoms with Gasteiger partial charge in [0.1, 0.15) is 6.33 Å². The lowest BCUT2D eigenvalue weighted by Gasteiger charge is -2.11. The Hall–Kier alpha value is -4.64. The maximum Gasteiger partial charge on any atom is 0.231 e. The summed E-state index contributed by atoms with van der Waals surface area (Å²) in [6.45, 7) is 2.21. The van der Waals surface area contributed by atoms with Gasteiger partial charge in [-0.3, -0.25) is 9.36 Å². The number of carbonyl (C=O) groups excluding carboxylic acids is 1. The number of thiophene rings is 1. The minimum atomic E-state index is -0.120. The number of amides is 1. The number of benzene rings is 2. The Morgan fingerprint density at radius 2 is 1.89 bits per heavy atom. The van der Waals surface area contributed by atoms with E-state index in [1.807, 2.05) is 63.9 Å². The van der Waals surface area contributed by atoms with Crippen molar-refractivity contribution in [2.75, 3.05) is 22.7 Å². The Bertz CT molecular complexity index is 1550. The van der Waals surface area contributed by atoms with Gasteiger partial charge in [0.2, 0.25) is 18.6 Å². The average Bonchev–Trinajstić information content (AvgIpc) is 3.63. The van der Waals surface area contributed by atoms with Crippen molar-refractivity contribution >= 4 is 51.5 Å². The van der Waals surface area contributed by atoms with Crippen molar-refractivity contribution < 1.29 is 14.3 Å². The Kier molecular flexibility index (Phi) is 5.58. The number of ether oxygens (including phenoxy) is 2. The van der Waals surface area contributed by atoms with Crippen LogP contribution in [-0.2, 0) is 11.3 Å². The van der Waals surface area contributed by atoms with E-state index in [-0.39, 0.29) is 12.7 Å². The van der Waals surface area contributed by atoms with Gasteiger partial charge >= 0.3 is 0 Å². The van der Waals surface area contributed by atoms with Crippen molar-refractivity contribution in [3.05, 3.63) is 71.2 Å². The molecule has 36 heavy (non-hydrogen) atoms. The first kappa shape index (κ1) is 21.9. The second kappa shape index (κ2) is 9.19. The summed E-state index contributed by atoms with van der Waals surface area (Å²) in [5.74, 6) is 2.37. The molecule has 3 aromatic heterocycles. The molecule has 5 aromatic rings. The fraction of sp³-hybridized carbons (Fsp3) is 0.120. The van der Waals surface area contributed by atoms with Crippen LogP contribution in [0.3, 0.4) is 0 Å². The summed E-state index contributed by atoms with van der Waals surface area (Å²) >= 11 is 1.60. The van der Waals surface area contributed by atoms with Gasteiger partial charge in [0, 0.05) is 30.2 Å². The van der Waals surface area contributed by atoms with E-state index < -0.39 is 0 Å². The topological polar surface area (TPSA) is 115 Å². The zero-order chi connectivity index (χ0) is 24.5. The third-order valence-corrected chi connectivity index (χ3v) is 6.21. The monoisotopic (exact) mass is 499 g/mol. The fourth-order valence-corrected chi connectivity index (χ4v) is 4.49. The first-order valence-corrected chi connectivity index (χ1v) is 12.1. The van der Waals surface area contributed by atoms with E-state index in [1.165, 1.54) is 6.92 Å². The van der Waals surface area contributed by atoms with Crippen LogP contribution in [0.5, 0.6) is 11.5 Å². The molecule has 0 radical (unpaired) electrons. The van der Waals surface area contributed by atoms with Crippen LogP contribution in [0.1, 0.15) is 12.5 Å². The number of aromatic nitrogens is 4. The Morgan fingerprint density at radius 3 is 2.69 bits per heavy atom. The molecule has 0 unspecified atom stereocenters. The molecule has 0 fully saturated rings. The second-order valence-corrected chi connectivity index (χ2v) is 8.87. The van der Waals surface area contributed by atoms with E-state index in [1.54, 1.807) is 17.7 Å². The molecule has 0 bridgehead atoms. The number of nitrogens with one attached hydrogen (secondary N) is 3. The highest BCUT2D eigenvalue weighted by Crippen LogP contribution is 2.33. The third kappa shape index (κ3) is 4.39. The summed E-state index contributed by atoms with van der Waals surface area (Å²) in [5.41, 5.74) is 4.82. The van der Waals surface area contributed by atoms with E-state index in [0.717, 1.165) is 28.4 Å². The normalized spacial score (nSPS) is 12.0. The zero-order valence-corrected chi connectivity index (χ0v) is 20.0. The van der Waals surface area contributed by atoms with Crippen LogP contribution in [0.25, 0.3) is 16.9 Å². The summed E-state index contributed by atoms with van der Waals surface area (Å²) in [4.78, 5) is 25.4. The lowest BCUT2D eigenvalue weighted by atomic mass is 10.2. The number of imidazole rings is 1. The predicted octanol–water partition coefficient (Wildman–Crippen LogP) is 4.92. The highest BCUT2D eigenvalue weighted by molar-refractivity contribution is 7.08. The summed E-state index contributed by atoms with van der Waals surface area (Å²) in [6, 6.07) is 15.2. The highest BCUT2D eigenvalue weighted by atomic mass is 32.1. The van der Waals surface area contributed by atoms with Crippen LogP contribution in [0, 0.1) is 0 Å². The smallest absolute Gasteiger partial charge is 0.231 e. The SMILES string of the molecule is CC(=O)Nc1ccc(Nc2nc(NCc3ccc4c(c3)OCO4)nc3c2ncn3-c2ccsc2)cc1. The molecular formula is C25H21N7O3S. The zero-order valence-electron chi connectivity index (χ0n) is 19.2. The van der Waals surface area contributed by atoms with Gasteiger partial charge in [0.05, 0.1) is 5.69 Å². The minimum absolute atomic E-state index is 0.120. The molecule has 1 aliphatic heterocycles. The molecule has 0 aliphatic carbocycles. The molecule has 1 aliphatic rings. The molecule has 180 valence electrons. The molecule has 10 nitrogen and oxygen atoms in total. The van der Waals surface area contributed by atoms with Crippen molar-refractivity contribution in [3.8, 4) is 17.2 Å². The second-order valence-electron chi connectivity index (χ2n) is 8.09. The lowest BCUT2D eigenvalue weighted by Crippen LogP contribution is -2.07. The van der Waals surface area contributed by atoms with E-state index >= 15 is 0 Å². The van der Waals surface area contributed by atoms with Gasteiger partial charge < -0.3 is 25.4 Å². The van der Waals surface area contributed by atoms with Gasteiger partial charge in [0.25, 0.3) is 0 Å². The van der Waals surface area contributed by atoms with Crippen molar-refractivity contribution in [1.29, 1.82) is 0 Å². The molecule has 0 saturated heterocycles.